The van der Waals surface area contributed by atoms with Crippen molar-refractivity contribution in [1.29, 1.82) is 0 Å². The van der Waals surface area contributed by atoms with Gasteiger partial charge in [0.15, 0.2) is 23.9 Å². The second-order valence-corrected chi connectivity index (χ2v) is 9.43. The first kappa shape index (κ1) is 23.9. The molecular weight excluding hydrogens is 434 g/mol. The number of fused-ring (bicyclic) bond motifs is 1. The number of Topliss-reactive ketones (excluding diaryl/α,β-unsaturated/α-hetero) is 1. The summed E-state index contributed by atoms with van der Waals surface area (Å²) in [6, 6.07) is 9.54. The molecule has 2 aromatic rings. The fraction of sp³-hybridized carbons (Fsp3) is 0.481. The average Bonchev–Trinajstić information content (AvgIpc) is 2.82. The molecule has 2 aliphatic heterocycles. The van der Waals surface area contributed by atoms with E-state index < -0.39 is 5.60 Å². The van der Waals surface area contributed by atoms with Crippen molar-refractivity contribution < 1.29 is 28.5 Å². The molecule has 1 fully saturated rings. The van der Waals surface area contributed by atoms with Gasteiger partial charge in [-0.3, -0.25) is 9.59 Å². The van der Waals surface area contributed by atoms with Crippen LogP contribution < -0.4 is 18.9 Å². The molecule has 2 heterocycles. The van der Waals surface area contributed by atoms with E-state index in [1.807, 2.05) is 13.0 Å². The van der Waals surface area contributed by atoms with Crippen LogP contribution in [0.15, 0.2) is 30.3 Å². The Morgan fingerprint density at radius 2 is 1.82 bits per heavy atom. The molecule has 7 heteroatoms. The maximum Gasteiger partial charge on any atom is 0.260 e. The van der Waals surface area contributed by atoms with Crippen LogP contribution in [-0.2, 0) is 4.79 Å². The fourth-order valence-corrected chi connectivity index (χ4v) is 4.78. The summed E-state index contributed by atoms with van der Waals surface area (Å²) in [5.41, 5.74) is 2.04. The molecule has 0 N–H and O–H groups in total. The van der Waals surface area contributed by atoms with Gasteiger partial charge < -0.3 is 23.8 Å². The maximum atomic E-state index is 12.9. The lowest BCUT2D eigenvalue weighted by Crippen LogP contribution is -2.53. The van der Waals surface area contributed by atoms with Gasteiger partial charge in [0, 0.05) is 25.9 Å². The van der Waals surface area contributed by atoms with Crippen molar-refractivity contribution in [2.24, 2.45) is 0 Å². The van der Waals surface area contributed by atoms with Gasteiger partial charge in [-0.15, -0.1) is 0 Å². The molecule has 0 atom stereocenters. The van der Waals surface area contributed by atoms with Gasteiger partial charge in [-0.1, -0.05) is 26.0 Å². The van der Waals surface area contributed by atoms with Crippen LogP contribution in [0, 0.1) is 6.92 Å². The van der Waals surface area contributed by atoms with E-state index in [1.165, 1.54) is 7.11 Å². The van der Waals surface area contributed by atoms with Crippen LogP contribution in [0.25, 0.3) is 0 Å². The van der Waals surface area contributed by atoms with Crippen molar-refractivity contribution in [3.8, 4) is 23.0 Å². The summed E-state index contributed by atoms with van der Waals surface area (Å²) in [5.74, 6) is 2.41. The molecule has 2 aliphatic rings. The van der Waals surface area contributed by atoms with Crippen molar-refractivity contribution in [1.82, 2.24) is 4.90 Å². The normalized spacial score (nSPS) is 16.8. The highest BCUT2D eigenvalue weighted by molar-refractivity contribution is 6.01. The molecule has 0 aliphatic carbocycles. The number of aryl methyl sites for hydroxylation is 1. The van der Waals surface area contributed by atoms with Gasteiger partial charge in [-0.2, -0.15) is 0 Å². The molecule has 4 rings (SSSR count). The van der Waals surface area contributed by atoms with Gasteiger partial charge in [0.2, 0.25) is 5.75 Å². The summed E-state index contributed by atoms with van der Waals surface area (Å²) < 4.78 is 23.2. The zero-order valence-corrected chi connectivity index (χ0v) is 20.6. The van der Waals surface area contributed by atoms with Crippen LogP contribution in [0.1, 0.15) is 60.5 Å². The van der Waals surface area contributed by atoms with Crippen molar-refractivity contribution >= 4 is 11.7 Å². The molecule has 0 unspecified atom stereocenters. The highest BCUT2D eigenvalue weighted by atomic mass is 16.5. The van der Waals surface area contributed by atoms with Crippen LogP contribution in [0.5, 0.6) is 23.0 Å². The largest absolute Gasteiger partial charge is 0.493 e. The zero-order chi connectivity index (χ0) is 24.5. The summed E-state index contributed by atoms with van der Waals surface area (Å²) >= 11 is 0. The Bertz CT molecular complexity index is 1080. The molecule has 0 bridgehead atoms. The molecule has 34 heavy (non-hydrogen) atoms. The fourth-order valence-electron chi connectivity index (χ4n) is 4.78. The summed E-state index contributed by atoms with van der Waals surface area (Å²) in [4.78, 5) is 27.6. The summed E-state index contributed by atoms with van der Waals surface area (Å²) in [6.07, 6.45) is 1.41. The first-order chi connectivity index (χ1) is 16.3. The number of rotatable bonds is 6. The standard InChI is InChI=1S/C27H33NO6/c1-17(2)19-7-6-18(3)14-23(19)33-16-24(30)28-12-10-27(11-13-28)15-21(29)20-8-9-22(31-4)26(32-5)25(20)34-27/h6-9,14,17H,10-13,15-16H2,1-5H3. The molecule has 1 spiro atoms. The van der Waals surface area contributed by atoms with Crippen LogP contribution in [0.2, 0.25) is 0 Å². The van der Waals surface area contributed by atoms with E-state index in [-0.39, 0.29) is 24.7 Å². The number of benzene rings is 2. The Morgan fingerprint density at radius 1 is 1.09 bits per heavy atom. The van der Waals surface area contributed by atoms with Crippen LogP contribution in [0.3, 0.4) is 0 Å². The summed E-state index contributed by atoms with van der Waals surface area (Å²) in [5, 5.41) is 0. The van der Waals surface area contributed by atoms with Gasteiger partial charge in [0.1, 0.15) is 11.4 Å². The average molecular weight is 468 g/mol. The summed E-state index contributed by atoms with van der Waals surface area (Å²) in [7, 11) is 3.09. The number of amides is 1. The van der Waals surface area contributed by atoms with Gasteiger partial charge in [-0.25, -0.2) is 0 Å². The topological polar surface area (TPSA) is 74.3 Å². The van der Waals surface area contributed by atoms with Crippen molar-refractivity contribution in [3.05, 3.63) is 47.0 Å². The first-order valence-corrected chi connectivity index (χ1v) is 11.7. The molecule has 1 saturated heterocycles. The first-order valence-electron chi connectivity index (χ1n) is 11.7. The van der Waals surface area contributed by atoms with E-state index in [2.05, 4.69) is 26.0 Å². The van der Waals surface area contributed by atoms with Gasteiger partial charge in [-0.05, 0) is 42.2 Å². The maximum absolute atomic E-state index is 12.9. The SMILES string of the molecule is COc1ccc2c(c1OC)OC1(CCN(C(=O)COc3cc(C)ccc3C(C)C)CC1)CC2=O. The highest BCUT2D eigenvalue weighted by Gasteiger charge is 2.45. The number of nitrogens with zero attached hydrogens (tertiary/aromatic N) is 1. The summed E-state index contributed by atoms with van der Waals surface area (Å²) in [6.45, 7) is 7.22. The third-order valence-electron chi connectivity index (χ3n) is 6.77. The predicted octanol–water partition coefficient (Wildman–Crippen LogP) is 4.54. The van der Waals surface area contributed by atoms with E-state index in [9.17, 15) is 9.59 Å². The van der Waals surface area contributed by atoms with E-state index >= 15 is 0 Å². The van der Waals surface area contributed by atoms with Gasteiger partial charge in [0.05, 0.1) is 26.2 Å². The minimum Gasteiger partial charge on any atom is -0.493 e. The van der Waals surface area contributed by atoms with E-state index in [0.717, 1.165) is 16.9 Å². The Labute approximate surface area is 200 Å². The number of likely N-dealkylation sites (tertiary alicyclic amines) is 1. The zero-order valence-electron chi connectivity index (χ0n) is 20.6. The quantitative estimate of drug-likeness (QED) is 0.621. The number of methoxy groups -OCH3 is 2. The Hall–Kier alpha value is -3.22. The van der Waals surface area contributed by atoms with E-state index in [4.69, 9.17) is 18.9 Å². The van der Waals surface area contributed by atoms with Gasteiger partial charge >= 0.3 is 0 Å². The predicted molar refractivity (Wildman–Crippen MR) is 128 cm³/mol. The Kier molecular flexibility index (Phi) is 6.73. The highest BCUT2D eigenvalue weighted by Crippen LogP contribution is 2.47. The number of hydrogen-bond donors (Lipinski definition) is 0. The number of ether oxygens (including phenoxy) is 4. The number of hydrogen-bond acceptors (Lipinski definition) is 6. The molecular formula is C27H33NO6. The molecule has 182 valence electrons. The third kappa shape index (κ3) is 4.56. The second-order valence-electron chi connectivity index (χ2n) is 9.43. The van der Waals surface area contributed by atoms with E-state index in [1.54, 1.807) is 24.1 Å². The molecule has 2 aromatic carbocycles. The lowest BCUT2D eigenvalue weighted by Gasteiger charge is -2.44. The lowest BCUT2D eigenvalue weighted by molar-refractivity contribution is -0.137. The third-order valence-corrected chi connectivity index (χ3v) is 6.77. The number of piperidine rings is 1. The monoisotopic (exact) mass is 467 g/mol. The van der Waals surface area contributed by atoms with Crippen molar-refractivity contribution in [2.45, 2.75) is 51.6 Å². The van der Waals surface area contributed by atoms with E-state index in [0.29, 0.717) is 54.7 Å². The smallest absolute Gasteiger partial charge is 0.260 e. The number of carbonyl (C=O) groups is 2. The van der Waals surface area contributed by atoms with Gasteiger partial charge in [0.25, 0.3) is 5.91 Å². The van der Waals surface area contributed by atoms with Crippen LogP contribution >= 0.6 is 0 Å². The van der Waals surface area contributed by atoms with Crippen molar-refractivity contribution in [2.75, 3.05) is 33.9 Å². The lowest BCUT2D eigenvalue weighted by atomic mass is 9.82. The van der Waals surface area contributed by atoms with Crippen LogP contribution in [0.4, 0.5) is 0 Å². The Balaban J connectivity index is 1.42. The van der Waals surface area contributed by atoms with Crippen molar-refractivity contribution in [3.63, 3.8) is 0 Å². The molecule has 0 aromatic heterocycles. The van der Waals surface area contributed by atoms with Crippen LogP contribution in [-0.4, -0.2) is 56.1 Å². The number of carbonyl (C=O) groups excluding carboxylic acids is 2. The minimum absolute atomic E-state index is 0.0101. The molecule has 0 saturated carbocycles. The molecule has 7 nitrogen and oxygen atoms in total. The molecule has 1 amide bonds. The Morgan fingerprint density at radius 3 is 2.47 bits per heavy atom. The number of ketones is 1. The second kappa shape index (κ2) is 9.57. The minimum atomic E-state index is -0.650. The molecule has 0 radical (unpaired) electrons.